The predicted molar refractivity (Wildman–Crippen MR) is 108 cm³/mol. The first-order chi connectivity index (χ1) is 12.5. The van der Waals surface area contributed by atoms with Crippen LogP contribution in [0.5, 0.6) is 0 Å². The lowest BCUT2D eigenvalue weighted by molar-refractivity contribution is 0.253. The Morgan fingerprint density at radius 2 is 0.808 bits per heavy atom. The van der Waals surface area contributed by atoms with E-state index in [1.54, 1.807) is 0 Å². The second-order valence-corrected chi connectivity index (χ2v) is 7.22. The minimum Gasteiger partial charge on any atom is -0.249 e. The highest BCUT2D eigenvalue weighted by molar-refractivity contribution is 6.43. The molecule has 1 aliphatic carbocycles. The Morgan fingerprint density at radius 3 is 1.15 bits per heavy atom. The van der Waals surface area contributed by atoms with E-state index in [4.69, 9.17) is 20.0 Å². The molecule has 26 heavy (non-hydrogen) atoms. The standard InChI is InChI=1S/C22H20N4/c1-13-14(2)24-21(23-13)19-11-7-5-9-17(19)18-10-6-8-12-20(18)22(21)25-15(3)16(4)26-22/h5-12H,1-4H3. The van der Waals surface area contributed by atoms with Gasteiger partial charge in [0.25, 0.3) is 0 Å². The van der Waals surface area contributed by atoms with Crippen LogP contribution in [0.25, 0.3) is 11.1 Å². The Bertz CT molecular complexity index is 961. The number of aliphatic imine (C=N–C) groups is 4. The van der Waals surface area contributed by atoms with Gasteiger partial charge in [-0.05, 0) is 38.8 Å². The van der Waals surface area contributed by atoms with Crippen LogP contribution in [0, 0.1) is 0 Å². The molecule has 0 radical (unpaired) electrons. The molecular weight excluding hydrogens is 320 g/mol. The van der Waals surface area contributed by atoms with Crippen molar-refractivity contribution in [2.45, 2.75) is 39.0 Å². The summed E-state index contributed by atoms with van der Waals surface area (Å²) in [5.74, 6) is 0. The van der Waals surface area contributed by atoms with Crippen LogP contribution in [0.15, 0.2) is 68.5 Å². The molecule has 0 saturated heterocycles. The van der Waals surface area contributed by atoms with E-state index < -0.39 is 11.3 Å². The summed E-state index contributed by atoms with van der Waals surface area (Å²) in [5, 5.41) is 0. The van der Waals surface area contributed by atoms with Gasteiger partial charge >= 0.3 is 0 Å². The molecule has 2 spiro atoms. The molecule has 0 aromatic heterocycles. The van der Waals surface area contributed by atoms with E-state index >= 15 is 0 Å². The monoisotopic (exact) mass is 340 g/mol. The van der Waals surface area contributed by atoms with Crippen molar-refractivity contribution in [2.24, 2.45) is 20.0 Å². The fourth-order valence-corrected chi connectivity index (χ4v) is 4.32. The van der Waals surface area contributed by atoms with Crippen molar-refractivity contribution >= 4 is 22.8 Å². The van der Waals surface area contributed by atoms with Crippen LogP contribution in [-0.2, 0) is 11.3 Å². The Morgan fingerprint density at radius 1 is 0.500 bits per heavy atom. The lowest BCUT2D eigenvalue weighted by Crippen LogP contribution is -2.45. The van der Waals surface area contributed by atoms with Crippen LogP contribution in [-0.4, -0.2) is 22.8 Å². The molecule has 0 N–H and O–H groups in total. The van der Waals surface area contributed by atoms with Gasteiger partial charge in [0.15, 0.2) is 0 Å². The lowest BCUT2D eigenvalue weighted by Gasteiger charge is -2.43. The van der Waals surface area contributed by atoms with E-state index in [1.165, 1.54) is 0 Å². The SMILES string of the molecule is CC1=NC2(N=C1C)c1ccccc1-c1ccccc1C21N=C(C)C(C)=N1. The molecule has 5 rings (SSSR count). The summed E-state index contributed by atoms with van der Waals surface area (Å²) < 4.78 is 0. The summed E-state index contributed by atoms with van der Waals surface area (Å²) in [6.07, 6.45) is 0. The maximum atomic E-state index is 5.10. The van der Waals surface area contributed by atoms with Gasteiger partial charge in [-0.3, -0.25) is 0 Å². The smallest absolute Gasteiger partial charge is 0.226 e. The number of fused-ring (bicyclic) bond motifs is 6. The van der Waals surface area contributed by atoms with Crippen LogP contribution < -0.4 is 0 Å². The van der Waals surface area contributed by atoms with E-state index in [0.717, 1.165) is 45.1 Å². The third-order valence-corrected chi connectivity index (χ3v) is 5.75. The normalized spacial score (nSPS) is 21.1. The maximum Gasteiger partial charge on any atom is 0.226 e. The zero-order valence-corrected chi connectivity index (χ0v) is 15.4. The van der Waals surface area contributed by atoms with Crippen molar-refractivity contribution in [1.82, 2.24) is 0 Å². The second-order valence-electron chi connectivity index (χ2n) is 7.22. The molecule has 0 fully saturated rings. The topological polar surface area (TPSA) is 49.4 Å². The predicted octanol–water partition coefficient (Wildman–Crippen LogP) is 4.54. The third kappa shape index (κ3) is 1.64. The maximum absolute atomic E-state index is 5.10. The summed E-state index contributed by atoms with van der Waals surface area (Å²) in [6.45, 7) is 8.08. The molecule has 2 aromatic carbocycles. The average molecular weight is 340 g/mol. The molecule has 2 heterocycles. The van der Waals surface area contributed by atoms with Crippen molar-refractivity contribution in [2.75, 3.05) is 0 Å². The van der Waals surface area contributed by atoms with Gasteiger partial charge < -0.3 is 0 Å². The zero-order chi connectivity index (χ0) is 18.1. The van der Waals surface area contributed by atoms with Crippen LogP contribution in [0.4, 0.5) is 0 Å². The van der Waals surface area contributed by atoms with Gasteiger partial charge in [0.2, 0.25) is 11.3 Å². The molecule has 4 nitrogen and oxygen atoms in total. The van der Waals surface area contributed by atoms with Gasteiger partial charge in [0.1, 0.15) is 0 Å². The van der Waals surface area contributed by atoms with Crippen LogP contribution in [0.1, 0.15) is 38.8 Å². The molecule has 0 amide bonds. The average Bonchev–Trinajstić information content (AvgIpc) is 3.12. The molecule has 0 atom stereocenters. The van der Waals surface area contributed by atoms with Crippen LogP contribution in [0.2, 0.25) is 0 Å². The van der Waals surface area contributed by atoms with Gasteiger partial charge in [-0.2, -0.15) is 0 Å². The molecule has 0 bridgehead atoms. The largest absolute Gasteiger partial charge is 0.249 e. The summed E-state index contributed by atoms with van der Waals surface area (Å²) in [7, 11) is 0. The van der Waals surface area contributed by atoms with E-state index in [-0.39, 0.29) is 0 Å². The Hall–Kier alpha value is -2.88. The van der Waals surface area contributed by atoms with Crippen molar-refractivity contribution in [1.29, 1.82) is 0 Å². The van der Waals surface area contributed by atoms with Gasteiger partial charge in [-0.15, -0.1) is 0 Å². The Balaban J connectivity index is 1.99. The summed E-state index contributed by atoms with van der Waals surface area (Å²) in [4.78, 5) is 20.4. The summed E-state index contributed by atoms with van der Waals surface area (Å²) in [6, 6.07) is 16.8. The van der Waals surface area contributed by atoms with E-state index in [1.807, 2.05) is 27.7 Å². The molecule has 2 aromatic rings. The fourth-order valence-electron chi connectivity index (χ4n) is 4.32. The van der Waals surface area contributed by atoms with Gasteiger partial charge in [-0.25, -0.2) is 20.0 Å². The van der Waals surface area contributed by atoms with E-state index in [9.17, 15) is 0 Å². The van der Waals surface area contributed by atoms with Crippen molar-refractivity contribution < 1.29 is 0 Å². The number of nitrogens with zero attached hydrogens (tertiary/aromatic N) is 4. The lowest BCUT2D eigenvalue weighted by atomic mass is 9.71. The fraction of sp³-hybridized carbons (Fsp3) is 0.273. The second kappa shape index (κ2) is 4.85. The van der Waals surface area contributed by atoms with Gasteiger partial charge in [0.05, 0.1) is 22.8 Å². The van der Waals surface area contributed by atoms with E-state index in [0.29, 0.717) is 0 Å². The molecule has 0 saturated carbocycles. The summed E-state index contributed by atoms with van der Waals surface area (Å²) in [5.41, 5.74) is 6.54. The molecule has 2 aliphatic heterocycles. The van der Waals surface area contributed by atoms with Crippen LogP contribution >= 0.6 is 0 Å². The van der Waals surface area contributed by atoms with Gasteiger partial charge in [0, 0.05) is 11.1 Å². The first-order valence-corrected chi connectivity index (χ1v) is 8.94. The van der Waals surface area contributed by atoms with Crippen molar-refractivity contribution in [3.63, 3.8) is 0 Å². The molecule has 0 unspecified atom stereocenters. The quantitative estimate of drug-likeness (QED) is 0.676. The Kier molecular flexibility index (Phi) is 2.87. The van der Waals surface area contributed by atoms with Crippen LogP contribution in [0.3, 0.4) is 0 Å². The number of hydrogen-bond donors (Lipinski definition) is 0. The molecule has 4 heteroatoms. The first-order valence-electron chi connectivity index (χ1n) is 8.94. The molecular formula is C22H20N4. The zero-order valence-electron chi connectivity index (χ0n) is 15.4. The molecule has 3 aliphatic rings. The molecule has 128 valence electrons. The highest BCUT2D eigenvalue weighted by Crippen LogP contribution is 2.59. The van der Waals surface area contributed by atoms with Crippen molar-refractivity contribution in [3.05, 3.63) is 59.7 Å². The summed E-state index contributed by atoms with van der Waals surface area (Å²) >= 11 is 0. The minimum atomic E-state index is -0.870. The number of benzene rings is 2. The Labute approximate surface area is 153 Å². The van der Waals surface area contributed by atoms with Gasteiger partial charge in [-0.1, -0.05) is 48.5 Å². The third-order valence-electron chi connectivity index (χ3n) is 5.75. The number of hydrogen-bond acceptors (Lipinski definition) is 4. The first kappa shape index (κ1) is 15.4. The minimum absolute atomic E-state index is 0.870. The van der Waals surface area contributed by atoms with Crippen molar-refractivity contribution in [3.8, 4) is 11.1 Å². The van der Waals surface area contributed by atoms with E-state index in [2.05, 4.69) is 48.5 Å². The highest BCUT2D eigenvalue weighted by atomic mass is 15.3. The highest BCUT2D eigenvalue weighted by Gasteiger charge is 2.62. The number of rotatable bonds is 0.